The van der Waals surface area contributed by atoms with Crippen molar-refractivity contribution < 1.29 is 24.5 Å². The van der Waals surface area contributed by atoms with Gasteiger partial charge in [-0.15, -0.1) is 4.89 Å². The molecule has 0 fully saturated rings. The molecule has 0 aromatic rings. The molecule has 0 aromatic heterocycles. The zero-order chi connectivity index (χ0) is 8.15. The van der Waals surface area contributed by atoms with Gasteiger partial charge in [0.25, 0.3) is 0 Å². The summed E-state index contributed by atoms with van der Waals surface area (Å²) in [7, 11) is -2.72. The van der Waals surface area contributed by atoms with Crippen molar-refractivity contribution in [1.82, 2.24) is 5.09 Å². The topological polar surface area (TPSA) is 107 Å². The Morgan fingerprint density at radius 3 is 2.30 bits per heavy atom. The number of aliphatic hydroxyl groups is 1. The zero-order valence-electron chi connectivity index (χ0n) is 4.89. The van der Waals surface area contributed by atoms with E-state index < -0.39 is 26.8 Å². The minimum atomic E-state index is -2.72. The fourth-order valence-corrected chi connectivity index (χ4v) is 0.766. The molecular formula is C3H7NO5P+. The maximum absolute atomic E-state index is 10.0. The van der Waals surface area contributed by atoms with E-state index >= 15 is 0 Å². The van der Waals surface area contributed by atoms with Gasteiger partial charge >= 0.3 is 14.1 Å². The summed E-state index contributed by atoms with van der Waals surface area (Å²) in [5.41, 5.74) is 0. The number of nitrogens with one attached hydrogen (secondary N) is 1. The molecule has 0 amide bonds. The highest BCUT2D eigenvalue weighted by Gasteiger charge is 2.25. The first-order chi connectivity index (χ1) is 4.57. The summed E-state index contributed by atoms with van der Waals surface area (Å²) < 4.78 is 9.94. The lowest BCUT2D eigenvalue weighted by molar-refractivity contribution is -0.139. The number of carboxylic acids is 1. The Hall–Kier alpha value is -0.550. The number of hydrogen-bond donors (Lipinski definition) is 4. The van der Waals surface area contributed by atoms with Gasteiger partial charge in [0.05, 0.1) is 6.61 Å². The fraction of sp³-hybridized carbons (Fsp3) is 0.667. The van der Waals surface area contributed by atoms with Crippen LogP contribution in [0.4, 0.5) is 0 Å². The van der Waals surface area contributed by atoms with Crippen molar-refractivity contribution in [2.75, 3.05) is 6.61 Å². The van der Waals surface area contributed by atoms with Crippen LogP contribution in [0.5, 0.6) is 0 Å². The molecule has 0 spiro atoms. The van der Waals surface area contributed by atoms with E-state index in [-0.39, 0.29) is 0 Å². The Morgan fingerprint density at radius 1 is 1.70 bits per heavy atom. The van der Waals surface area contributed by atoms with Gasteiger partial charge in [0, 0.05) is 0 Å². The standard InChI is InChI=1S/C3H6NO5P/c5-1-2(3(6)7)4-10(8)9/h2,5H,1H2,(H2-,4,6,7,8,9)/p+1/t2-/m0/s1. The monoisotopic (exact) mass is 168 g/mol. The van der Waals surface area contributed by atoms with Gasteiger partial charge in [-0.1, -0.05) is 5.09 Å². The number of carboxylic acid groups (broad SMARTS) is 1. The van der Waals surface area contributed by atoms with Crippen molar-refractivity contribution in [3.8, 4) is 0 Å². The van der Waals surface area contributed by atoms with Crippen molar-refractivity contribution in [2.45, 2.75) is 6.04 Å². The smallest absolute Gasteiger partial charge is 0.480 e. The highest BCUT2D eigenvalue weighted by Crippen LogP contribution is 2.06. The summed E-state index contributed by atoms with van der Waals surface area (Å²) in [6.45, 7) is -0.711. The Labute approximate surface area is 57.4 Å². The molecule has 10 heavy (non-hydrogen) atoms. The van der Waals surface area contributed by atoms with Gasteiger partial charge in [0.2, 0.25) is 0 Å². The average Bonchev–Trinajstić information content (AvgIpc) is 1.81. The van der Waals surface area contributed by atoms with Crippen molar-refractivity contribution in [3.05, 3.63) is 0 Å². The molecule has 0 radical (unpaired) electrons. The van der Waals surface area contributed by atoms with Crippen LogP contribution in [0.25, 0.3) is 0 Å². The highest BCUT2D eigenvalue weighted by atomic mass is 31.1. The van der Waals surface area contributed by atoms with E-state index in [1.54, 1.807) is 5.09 Å². The van der Waals surface area contributed by atoms with Crippen LogP contribution in [0.2, 0.25) is 0 Å². The van der Waals surface area contributed by atoms with Gasteiger partial charge in [-0.2, -0.15) is 0 Å². The van der Waals surface area contributed by atoms with Crippen LogP contribution >= 0.6 is 8.18 Å². The summed E-state index contributed by atoms with van der Waals surface area (Å²) in [6.07, 6.45) is 0. The first-order valence-corrected chi connectivity index (χ1v) is 3.55. The molecule has 0 saturated heterocycles. The molecule has 0 aliphatic rings. The Morgan fingerprint density at radius 2 is 2.20 bits per heavy atom. The van der Waals surface area contributed by atoms with Crippen LogP contribution in [0.15, 0.2) is 0 Å². The average molecular weight is 168 g/mol. The third-order valence-corrected chi connectivity index (χ3v) is 1.28. The first kappa shape index (κ1) is 9.45. The normalized spacial score (nSPS) is 14.4. The minimum Gasteiger partial charge on any atom is -0.480 e. The molecule has 58 valence electrons. The molecule has 0 aliphatic carbocycles. The van der Waals surface area contributed by atoms with E-state index in [1.807, 2.05) is 0 Å². The zero-order valence-corrected chi connectivity index (χ0v) is 5.78. The van der Waals surface area contributed by atoms with Crippen molar-refractivity contribution in [2.24, 2.45) is 0 Å². The third kappa shape index (κ3) is 3.47. The highest BCUT2D eigenvalue weighted by molar-refractivity contribution is 7.35. The second-order valence-electron chi connectivity index (χ2n) is 1.48. The first-order valence-electron chi connectivity index (χ1n) is 2.34. The quantitative estimate of drug-likeness (QED) is 0.387. The van der Waals surface area contributed by atoms with Crippen LogP contribution in [-0.4, -0.2) is 33.7 Å². The van der Waals surface area contributed by atoms with E-state index in [1.165, 1.54) is 0 Å². The van der Waals surface area contributed by atoms with Gasteiger partial charge in [-0.05, 0) is 4.57 Å². The number of hydrogen-bond acceptors (Lipinski definition) is 3. The van der Waals surface area contributed by atoms with Gasteiger partial charge in [0.1, 0.15) is 0 Å². The van der Waals surface area contributed by atoms with E-state index in [0.29, 0.717) is 0 Å². The summed E-state index contributed by atoms with van der Waals surface area (Å²) in [5.74, 6) is -1.36. The SMILES string of the molecule is O=C(O)[C@H](CO)N[P+](=O)O. The predicted molar refractivity (Wildman–Crippen MR) is 31.5 cm³/mol. The van der Waals surface area contributed by atoms with Crippen LogP contribution < -0.4 is 5.09 Å². The molecule has 0 saturated carbocycles. The molecule has 0 aliphatic heterocycles. The number of aliphatic hydroxyl groups excluding tert-OH is 1. The summed E-state index contributed by atoms with van der Waals surface area (Å²) in [6, 6.07) is -1.37. The van der Waals surface area contributed by atoms with Crippen molar-refractivity contribution in [1.29, 1.82) is 0 Å². The molecule has 0 aromatic carbocycles. The second kappa shape index (κ2) is 4.29. The number of rotatable bonds is 4. The molecule has 6 nitrogen and oxygen atoms in total. The van der Waals surface area contributed by atoms with Gasteiger partial charge in [0.15, 0.2) is 6.04 Å². The van der Waals surface area contributed by atoms with Crippen LogP contribution in [0.1, 0.15) is 0 Å². The fourth-order valence-electron chi connectivity index (χ4n) is 0.307. The maximum Gasteiger partial charge on any atom is 0.611 e. The molecule has 0 heterocycles. The Kier molecular flexibility index (Phi) is 4.06. The van der Waals surface area contributed by atoms with E-state index in [0.717, 1.165) is 0 Å². The molecule has 4 N–H and O–H groups in total. The van der Waals surface area contributed by atoms with E-state index in [4.69, 9.17) is 15.1 Å². The van der Waals surface area contributed by atoms with Crippen LogP contribution in [0.3, 0.4) is 0 Å². The lowest BCUT2D eigenvalue weighted by atomic mass is 10.3. The lowest BCUT2D eigenvalue weighted by Crippen LogP contribution is -2.35. The third-order valence-electron chi connectivity index (χ3n) is 0.747. The molecular weight excluding hydrogens is 161 g/mol. The number of carbonyl (C=O) groups is 1. The van der Waals surface area contributed by atoms with Gasteiger partial charge in [-0.25, -0.2) is 0 Å². The minimum absolute atomic E-state index is 0.711. The van der Waals surface area contributed by atoms with Crippen molar-refractivity contribution in [3.63, 3.8) is 0 Å². The summed E-state index contributed by atoms with van der Waals surface area (Å²) in [5, 5.41) is 18.2. The largest absolute Gasteiger partial charge is 0.611 e. The van der Waals surface area contributed by atoms with Gasteiger partial charge in [-0.3, -0.25) is 4.79 Å². The molecule has 0 bridgehead atoms. The van der Waals surface area contributed by atoms with E-state index in [2.05, 4.69) is 0 Å². The van der Waals surface area contributed by atoms with Crippen molar-refractivity contribution >= 4 is 14.1 Å². The lowest BCUT2D eigenvalue weighted by Gasteiger charge is -1.99. The van der Waals surface area contributed by atoms with E-state index in [9.17, 15) is 9.36 Å². The van der Waals surface area contributed by atoms with Gasteiger partial charge < -0.3 is 10.2 Å². The predicted octanol–water partition coefficient (Wildman–Crippen LogP) is -1.33. The molecule has 1 unspecified atom stereocenters. The van der Waals surface area contributed by atoms with Crippen LogP contribution in [0, 0.1) is 0 Å². The molecule has 2 atom stereocenters. The second-order valence-corrected chi connectivity index (χ2v) is 2.28. The Bertz CT molecular complexity index is 148. The Balaban J connectivity index is 3.83. The van der Waals surface area contributed by atoms with Crippen LogP contribution in [-0.2, 0) is 9.36 Å². The molecule has 0 rings (SSSR count). The summed E-state index contributed by atoms with van der Waals surface area (Å²) >= 11 is 0. The maximum atomic E-state index is 10.0. The summed E-state index contributed by atoms with van der Waals surface area (Å²) in [4.78, 5) is 18.1. The number of aliphatic carboxylic acids is 1. The molecule has 7 heteroatoms.